The Morgan fingerprint density at radius 3 is 2.85 bits per heavy atom. The van der Waals surface area contributed by atoms with E-state index in [9.17, 15) is 10.1 Å². The molecule has 0 spiro atoms. The average molecular weight is 277 g/mol. The van der Waals surface area contributed by atoms with Crippen LogP contribution >= 0.6 is 0 Å². The first kappa shape index (κ1) is 14.3. The molecule has 2 unspecified atom stereocenters. The summed E-state index contributed by atoms with van der Waals surface area (Å²) in [6, 6.07) is 2.75. The third-order valence-electron chi connectivity index (χ3n) is 3.62. The number of anilines is 1. The Hall–Kier alpha value is -2.11. The van der Waals surface area contributed by atoms with Gasteiger partial charge in [-0.3, -0.25) is 10.1 Å². The van der Waals surface area contributed by atoms with Gasteiger partial charge in [-0.2, -0.15) is 4.98 Å². The summed E-state index contributed by atoms with van der Waals surface area (Å²) < 4.78 is 5.66. The van der Waals surface area contributed by atoms with Crippen LogP contribution in [0.15, 0.2) is 24.3 Å². The number of nitro groups is 1. The predicted molar refractivity (Wildman–Crippen MR) is 77.0 cm³/mol. The fraction of sp³-hybridized carbons (Fsp3) is 0.500. The topological polar surface area (TPSA) is 77.3 Å². The van der Waals surface area contributed by atoms with Crippen molar-refractivity contribution in [3.05, 3.63) is 34.4 Å². The number of ether oxygens (including phenoxy) is 1. The molecule has 0 aromatic carbocycles. The molecule has 0 saturated carbocycles. The van der Waals surface area contributed by atoms with Crippen molar-refractivity contribution in [3.63, 3.8) is 0 Å². The van der Waals surface area contributed by atoms with Gasteiger partial charge in [-0.25, -0.2) is 0 Å². The van der Waals surface area contributed by atoms with Crippen molar-refractivity contribution in [3.8, 4) is 5.88 Å². The molecule has 1 N–H and O–H groups in total. The molecule has 0 radical (unpaired) electrons. The summed E-state index contributed by atoms with van der Waals surface area (Å²) >= 11 is 0. The van der Waals surface area contributed by atoms with E-state index in [1.165, 1.54) is 12.1 Å². The first-order valence-electron chi connectivity index (χ1n) is 6.72. The summed E-state index contributed by atoms with van der Waals surface area (Å²) in [5, 5.41) is 13.7. The smallest absolute Gasteiger partial charge is 0.278 e. The number of hydrogen-bond donors (Lipinski definition) is 1. The molecule has 0 amide bonds. The molecule has 6 nitrogen and oxygen atoms in total. The molecule has 2 rings (SSSR count). The Balaban J connectivity index is 2.06. The number of allylic oxidation sites excluding steroid dienone is 2. The standard InChI is InChI=1S/C14H19N3O3/c1-10-5-3-4-6-11(10)9-20-14-8-12(17(18)19)7-13(15-2)16-14/h3-4,7-8,10-11H,5-6,9H2,1-2H3,(H,15,16). The zero-order valence-electron chi connectivity index (χ0n) is 11.7. The Morgan fingerprint density at radius 1 is 1.45 bits per heavy atom. The van der Waals surface area contributed by atoms with Gasteiger partial charge in [-0.05, 0) is 24.7 Å². The van der Waals surface area contributed by atoms with E-state index in [0.717, 1.165) is 12.8 Å². The molecule has 1 aliphatic rings. The van der Waals surface area contributed by atoms with E-state index in [-0.39, 0.29) is 5.69 Å². The summed E-state index contributed by atoms with van der Waals surface area (Å²) in [6.45, 7) is 2.72. The minimum Gasteiger partial charge on any atom is -0.477 e. The fourth-order valence-electron chi connectivity index (χ4n) is 2.23. The number of pyridine rings is 1. The van der Waals surface area contributed by atoms with Gasteiger partial charge in [-0.1, -0.05) is 19.1 Å². The van der Waals surface area contributed by atoms with E-state index >= 15 is 0 Å². The van der Waals surface area contributed by atoms with Crippen LogP contribution in [-0.4, -0.2) is 23.6 Å². The van der Waals surface area contributed by atoms with E-state index in [4.69, 9.17) is 4.74 Å². The summed E-state index contributed by atoms with van der Waals surface area (Å²) in [6.07, 6.45) is 6.38. The van der Waals surface area contributed by atoms with Crippen LogP contribution < -0.4 is 10.1 Å². The number of nitrogens with one attached hydrogen (secondary N) is 1. The number of rotatable bonds is 5. The lowest BCUT2D eigenvalue weighted by molar-refractivity contribution is -0.384. The molecule has 1 aromatic heterocycles. The molecule has 0 bridgehead atoms. The van der Waals surface area contributed by atoms with Crippen LogP contribution in [0.4, 0.5) is 11.5 Å². The van der Waals surface area contributed by atoms with Gasteiger partial charge in [0, 0.05) is 7.05 Å². The molecule has 1 aliphatic carbocycles. The van der Waals surface area contributed by atoms with Crippen molar-refractivity contribution in [2.45, 2.75) is 19.8 Å². The lowest BCUT2D eigenvalue weighted by Crippen LogP contribution is -2.21. The first-order chi connectivity index (χ1) is 9.60. The van der Waals surface area contributed by atoms with Crippen molar-refractivity contribution < 1.29 is 9.66 Å². The van der Waals surface area contributed by atoms with Crippen molar-refractivity contribution >= 4 is 11.5 Å². The van der Waals surface area contributed by atoms with Crippen molar-refractivity contribution in [2.24, 2.45) is 11.8 Å². The second-order valence-corrected chi connectivity index (χ2v) is 5.05. The largest absolute Gasteiger partial charge is 0.477 e. The van der Waals surface area contributed by atoms with Gasteiger partial charge in [0.2, 0.25) is 5.88 Å². The van der Waals surface area contributed by atoms with Crippen LogP contribution in [0, 0.1) is 22.0 Å². The fourth-order valence-corrected chi connectivity index (χ4v) is 2.23. The molecule has 20 heavy (non-hydrogen) atoms. The van der Waals surface area contributed by atoms with Gasteiger partial charge in [0.25, 0.3) is 5.69 Å². The second kappa shape index (κ2) is 6.36. The highest BCUT2D eigenvalue weighted by Gasteiger charge is 2.20. The monoisotopic (exact) mass is 277 g/mol. The lowest BCUT2D eigenvalue weighted by Gasteiger charge is -2.24. The SMILES string of the molecule is CNc1cc([N+](=O)[O-])cc(OCC2CC=CCC2C)n1. The van der Waals surface area contributed by atoms with Crippen molar-refractivity contribution in [1.29, 1.82) is 0 Å². The van der Waals surface area contributed by atoms with Gasteiger partial charge in [0.1, 0.15) is 5.82 Å². The molecule has 2 atom stereocenters. The number of aromatic nitrogens is 1. The summed E-state index contributed by atoms with van der Waals surface area (Å²) in [5.41, 5.74) is -0.0176. The van der Waals surface area contributed by atoms with E-state index in [2.05, 4.69) is 29.4 Å². The second-order valence-electron chi connectivity index (χ2n) is 5.05. The number of nitrogens with zero attached hydrogens (tertiary/aromatic N) is 2. The maximum atomic E-state index is 10.9. The molecule has 1 heterocycles. The zero-order chi connectivity index (χ0) is 14.5. The molecule has 0 aliphatic heterocycles. The minimum absolute atomic E-state index is 0.0176. The summed E-state index contributed by atoms with van der Waals surface area (Å²) in [7, 11) is 1.67. The first-order valence-corrected chi connectivity index (χ1v) is 6.72. The van der Waals surface area contributed by atoms with Crippen molar-refractivity contribution in [2.75, 3.05) is 19.0 Å². The van der Waals surface area contributed by atoms with Crippen LogP contribution in [0.25, 0.3) is 0 Å². The lowest BCUT2D eigenvalue weighted by atomic mass is 9.85. The van der Waals surface area contributed by atoms with Crippen molar-refractivity contribution in [1.82, 2.24) is 4.98 Å². The molecular weight excluding hydrogens is 258 g/mol. The zero-order valence-corrected chi connectivity index (χ0v) is 11.7. The van der Waals surface area contributed by atoms with Crippen LogP contribution in [0.3, 0.4) is 0 Å². The summed E-state index contributed by atoms with van der Waals surface area (Å²) in [4.78, 5) is 14.6. The quantitative estimate of drug-likeness (QED) is 0.508. The Bertz CT molecular complexity index is 516. The van der Waals surface area contributed by atoms with Crippen LogP contribution in [0.2, 0.25) is 0 Å². The highest BCUT2D eigenvalue weighted by atomic mass is 16.6. The van der Waals surface area contributed by atoms with E-state index < -0.39 is 4.92 Å². The molecule has 0 saturated heterocycles. The molecule has 1 aromatic rings. The highest BCUT2D eigenvalue weighted by Crippen LogP contribution is 2.27. The van der Waals surface area contributed by atoms with Gasteiger partial charge in [0.15, 0.2) is 0 Å². The third-order valence-corrected chi connectivity index (χ3v) is 3.62. The Morgan fingerprint density at radius 2 is 2.20 bits per heavy atom. The molecule has 0 fully saturated rings. The van der Waals surface area contributed by atoms with Crippen LogP contribution in [-0.2, 0) is 0 Å². The van der Waals surface area contributed by atoms with Crippen LogP contribution in [0.1, 0.15) is 19.8 Å². The third kappa shape index (κ3) is 3.46. The van der Waals surface area contributed by atoms with Gasteiger partial charge in [0.05, 0.1) is 23.7 Å². The minimum atomic E-state index is -0.443. The highest BCUT2D eigenvalue weighted by molar-refractivity contribution is 5.47. The van der Waals surface area contributed by atoms with E-state index in [1.54, 1.807) is 7.05 Å². The maximum Gasteiger partial charge on any atom is 0.278 e. The normalized spacial score (nSPS) is 21.5. The Labute approximate surface area is 118 Å². The van der Waals surface area contributed by atoms with Crippen LogP contribution in [0.5, 0.6) is 5.88 Å². The van der Waals surface area contributed by atoms with Gasteiger partial charge in [-0.15, -0.1) is 0 Å². The van der Waals surface area contributed by atoms with E-state index in [0.29, 0.717) is 30.1 Å². The Kier molecular flexibility index (Phi) is 4.55. The van der Waals surface area contributed by atoms with Gasteiger partial charge >= 0.3 is 0 Å². The average Bonchev–Trinajstić information content (AvgIpc) is 2.46. The number of hydrogen-bond acceptors (Lipinski definition) is 5. The van der Waals surface area contributed by atoms with E-state index in [1.807, 2.05) is 0 Å². The molecule has 6 heteroatoms. The van der Waals surface area contributed by atoms with Gasteiger partial charge < -0.3 is 10.1 Å². The predicted octanol–water partition coefficient (Wildman–Crippen LogP) is 3.01. The maximum absolute atomic E-state index is 10.9. The molecule has 108 valence electrons. The molecular formula is C14H19N3O3. The summed E-state index contributed by atoms with van der Waals surface area (Å²) in [5.74, 6) is 1.72.